The fourth-order valence-corrected chi connectivity index (χ4v) is 4.55. The Bertz CT molecular complexity index is 1000. The number of hydrogen-bond donors (Lipinski definition) is 0. The number of carbonyl (C=O) groups excluding carboxylic acids is 1. The zero-order chi connectivity index (χ0) is 20.4. The Balaban J connectivity index is 1.41. The van der Waals surface area contributed by atoms with E-state index >= 15 is 0 Å². The maximum Gasteiger partial charge on any atom is 0.253 e. The van der Waals surface area contributed by atoms with Crippen LogP contribution in [0, 0.1) is 13.8 Å². The van der Waals surface area contributed by atoms with E-state index in [4.69, 9.17) is 0 Å². The number of rotatable bonds is 4. The Labute approximate surface area is 176 Å². The van der Waals surface area contributed by atoms with E-state index < -0.39 is 0 Å². The van der Waals surface area contributed by atoms with Crippen molar-refractivity contribution < 1.29 is 4.79 Å². The lowest BCUT2D eigenvalue weighted by Gasteiger charge is -2.37. The fraction of sp³-hybridized carbons (Fsp3) is 0.333. The van der Waals surface area contributed by atoms with Gasteiger partial charge in [-0.2, -0.15) is 0 Å². The zero-order valence-electron chi connectivity index (χ0n) is 17.3. The molecule has 1 aliphatic rings. The highest BCUT2D eigenvalue weighted by Gasteiger charge is 2.23. The van der Waals surface area contributed by atoms with Crippen molar-refractivity contribution in [3.05, 3.63) is 69.5 Å². The summed E-state index contributed by atoms with van der Waals surface area (Å²) in [5.41, 5.74) is 6.74. The molecule has 4 rings (SSSR count). The predicted molar refractivity (Wildman–Crippen MR) is 121 cm³/mol. The third kappa shape index (κ3) is 4.06. The number of amides is 1. The van der Waals surface area contributed by atoms with Crippen LogP contribution in [0.15, 0.2) is 47.8 Å². The summed E-state index contributed by atoms with van der Waals surface area (Å²) in [6.07, 6.45) is 0.954. The minimum Gasteiger partial charge on any atom is -0.368 e. The van der Waals surface area contributed by atoms with Crippen LogP contribution in [0.5, 0.6) is 0 Å². The van der Waals surface area contributed by atoms with Crippen LogP contribution < -0.4 is 4.90 Å². The number of anilines is 1. The molecule has 0 atom stereocenters. The molecule has 0 spiro atoms. The van der Waals surface area contributed by atoms with Gasteiger partial charge in [-0.25, -0.2) is 4.98 Å². The summed E-state index contributed by atoms with van der Waals surface area (Å²) in [5.74, 6) is 0.115. The molecule has 5 heteroatoms. The summed E-state index contributed by atoms with van der Waals surface area (Å²) in [6.45, 7) is 9.68. The molecule has 0 aliphatic carbocycles. The van der Waals surface area contributed by atoms with Crippen molar-refractivity contribution in [1.82, 2.24) is 9.88 Å². The second-order valence-corrected chi connectivity index (χ2v) is 8.50. The van der Waals surface area contributed by atoms with Crippen LogP contribution in [0.2, 0.25) is 0 Å². The molecule has 150 valence electrons. The number of carbonyl (C=O) groups is 1. The molecule has 1 aromatic heterocycles. The van der Waals surface area contributed by atoms with Gasteiger partial charge in [0.25, 0.3) is 5.91 Å². The summed E-state index contributed by atoms with van der Waals surface area (Å²) in [4.78, 5) is 21.9. The van der Waals surface area contributed by atoms with E-state index in [0.29, 0.717) is 0 Å². The predicted octanol–water partition coefficient (Wildman–Crippen LogP) is 4.95. The maximum absolute atomic E-state index is 13.0. The van der Waals surface area contributed by atoms with Gasteiger partial charge in [0.15, 0.2) is 0 Å². The highest BCUT2D eigenvalue weighted by Crippen LogP contribution is 2.25. The van der Waals surface area contributed by atoms with E-state index in [-0.39, 0.29) is 5.91 Å². The van der Waals surface area contributed by atoms with Crippen LogP contribution in [-0.4, -0.2) is 42.0 Å². The third-order valence-electron chi connectivity index (χ3n) is 5.77. The molecule has 2 aromatic carbocycles. The van der Waals surface area contributed by atoms with Crippen LogP contribution in [0.1, 0.15) is 33.4 Å². The summed E-state index contributed by atoms with van der Waals surface area (Å²) in [5, 5.41) is 3.23. The highest BCUT2D eigenvalue weighted by atomic mass is 32.1. The van der Waals surface area contributed by atoms with Crippen LogP contribution in [0.3, 0.4) is 0 Å². The molecule has 1 amide bonds. The molecular formula is C24H27N3OS. The molecule has 2 heterocycles. The van der Waals surface area contributed by atoms with Gasteiger partial charge in [-0.15, -0.1) is 11.3 Å². The van der Waals surface area contributed by atoms with Gasteiger partial charge < -0.3 is 9.80 Å². The van der Waals surface area contributed by atoms with Crippen molar-refractivity contribution in [2.45, 2.75) is 27.2 Å². The van der Waals surface area contributed by atoms with Gasteiger partial charge >= 0.3 is 0 Å². The van der Waals surface area contributed by atoms with Crippen LogP contribution >= 0.6 is 11.3 Å². The first-order valence-corrected chi connectivity index (χ1v) is 11.1. The number of nitrogens with zero attached hydrogens (tertiary/aromatic N) is 3. The van der Waals surface area contributed by atoms with Crippen LogP contribution in [0.25, 0.3) is 11.3 Å². The van der Waals surface area contributed by atoms with Gasteiger partial charge in [-0.1, -0.05) is 31.2 Å². The average molecular weight is 406 g/mol. The fourth-order valence-electron chi connectivity index (χ4n) is 3.80. The second kappa shape index (κ2) is 8.37. The number of benzene rings is 2. The number of thiazole rings is 1. The molecule has 0 N–H and O–H groups in total. The minimum absolute atomic E-state index is 0.115. The lowest BCUT2D eigenvalue weighted by atomic mass is 10.1. The van der Waals surface area contributed by atoms with Crippen molar-refractivity contribution in [2.75, 3.05) is 31.1 Å². The first-order valence-electron chi connectivity index (χ1n) is 10.2. The molecule has 3 aromatic rings. The van der Waals surface area contributed by atoms with Crippen molar-refractivity contribution in [1.29, 1.82) is 0 Å². The number of aryl methyl sites for hydroxylation is 2. The Kier molecular flexibility index (Phi) is 5.67. The van der Waals surface area contributed by atoms with E-state index in [1.54, 1.807) is 11.3 Å². The van der Waals surface area contributed by atoms with E-state index in [2.05, 4.69) is 54.2 Å². The van der Waals surface area contributed by atoms with Crippen LogP contribution in [0.4, 0.5) is 5.69 Å². The Morgan fingerprint density at radius 2 is 1.76 bits per heavy atom. The number of hydrogen-bond acceptors (Lipinski definition) is 4. The van der Waals surface area contributed by atoms with Gasteiger partial charge in [0.05, 0.1) is 10.7 Å². The summed E-state index contributed by atoms with van der Waals surface area (Å²) < 4.78 is 0. The van der Waals surface area contributed by atoms with Gasteiger partial charge in [0, 0.05) is 48.4 Å². The normalized spacial score (nSPS) is 14.3. The van der Waals surface area contributed by atoms with E-state index in [9.17, 15) is 4.79 Å². The minimum atomic E-state index is 0.115. The van der Waals surface area contributed by atoms with Gasteiger partial charge in [0.1, 0.15) is 0 Å². The van der Waals surface area contributed by atoms with Crippen molar-refractivity contribution in [3.8, 4) is 11.3 Å². The third-order valence-corrected chi connectivity index (χ3v) is 6.76. The standard InChI is InChI=1S/C24H27N3OS/c1-4-23-25-21(16-29-23)19-8-10-20(11-9-19)24(28)27-14-12-26(13-15-27)22-7-5-6-17(2)18(22)3/h5-11,16H,4,12-15H2,1-3H3. The summed E-state index contributed by atoms with van der Waals surface area (Å²) >= 11 is 1.69. The second-order valence-electron chi connectivity index (χ2n) is 7.56. The van der Waals surface area contributed by atoms with Crippen molar-refractivity contribution in [2.24, 2.45) is 0 Å². The molecule has 0 unspecified atom stereocenters. The molecular weight excluding hydrogens is 378 g/mol. The number of aromatic nitrogens is 1. The van der Waals surface area contributed by atoms with Gasteiger partial charge in [-0.3, -0.25) is 4.79 Å². The molecule has 4 nitrogen and oxygen atoms in total. The lowest BCUT2D eigenvalue weighted by molar-refractivity contribution is 0.0747. The lowest BCUT2D eigenvalue weighted by Crippen LogP contribution is -2.49. The van der Waals surface area contributed by atoms with Crippen molar-refractivity contribution in [3.63, 3.8) is 0 Å². The Hall–Kier alpha value is -2.66. The molecule has 1 saturated heterocycles. The molecule has 0 radical (unpaired) electrons. The van der Waals surface area contributed by atoms with Gasteiger partial charge in [-0.05, 0) is 49.6 Å². The molecule has 1 fully saturated rings. The summed E-state index contributed by atoms with van der Waals surface area (Å²) in [6, 6.07) is 14.3. The Morgan fingerprint density at radius 1 is 1.03 bits per heavy atom. The zero-order valence-corrected chi connectivity index (χ0v) is 18.1. The topological polar surface area (TPSA) is 36.4 Å². The van der Waals surface area contributed by atoms with E-state index in [1.807, 2.05) is 29.2 Å². The Morgan fingerprint density at radius 3 is 2.41 bits per heavy atom. The molecule has 0 saturated carbocycles. The van der Waals surface area contributed by atoms with E-state index in [1.165, 1.54) is 16.8 Å². The highest BCUT2D eigenvalue weighted by molar-refractivity contribution is 7.09. The smallest absolute Gasteiger partial charge is 0.253 e. The number of piperazine rings is 1. The SMILES string of the molecule is CCc1nc(-c2ccc(C(=O)N3CCN(c4cccc(C)c4C)CC3)cc2)cs1. The first kappa shape index (κ1) is 19.6. The largest absolute Gasteiger partial charge is 0.368 e. The quantitative estimate of drug-likeness (QED) is 0.616. The monoisotopic (exact) mass is 405 g/mol. The van der Waals surface area contributed by atoms with Gasteiger partial charge in [0.2, 0.25) is 0 Å². The average Bonchev–Trinajstić information content (AvgIpc) is 3.25. The molecule has 0 bridgehead atoms. The molecule has 1 aliphatic heterocycles. The first-order chi connectivity index (χ1) is 14.1. The van der Waals surface area contributed by atoms with Crippen LogP contribution in [-0.2, 0) is 6.42 Å². The molecule has 29 heavy (non-hydrogen) atoms. The van der Waals surface area contributed by atoms with Crippen molar-refractivity contribution >= 4 is 22.9 Å². The summed E-state index contributed by atoms with van der Waals surface area (Å²) in [7, 11) is 0. The maximum atomic E-state index is 13.0. The van der Waals surface area contributed by atoms with E-state index in [0.717, 1.165) is 54.4 Å².